The first-order chi connectivity index (χ1) is 10.3. The van der Waals surface area contributed by atoms with E-state index in [2.05, 4.69) is 25.7 Å². The lowest BCUT2D eigenvalue weighted by atomic mass is 9.97. The maximum Gasteiger partial charge on any atom is 0.0785 e. The first-order valence-corrected chi connectivity index (χ1v) is 8.01. The van der Waals surface area contributed by atoms with E-state index in [1.807, 2.05) is 24.7 Å². The van der Waals surface area contributed by atoms with Crippen LogP contribution in [0.4, 0.5) is 0 Å². The van der Waals surface area contributed by atoms with E-state index in [4.69, 9.17) is 11.6 Å². The van der Waals surface area contributed by atoms with Crippen molar-refractivity contribution in [3.05, 3.63) is 47.5 Å². The second kappa shape index (κ2) is 5.43. The van der Waals surface area contributed by atoms with E-state index in [-0.39, 0.29) is 0 Å². The quantitative estimate of drug-likeness (QED) is 0.872. The number of halogens is 1. The van der Waals surface area contributed by atoms with E-state index in [0.29, 0.717) is 18.1 Å². The SMILES string of the molecule is Clc1cnn(C2CC3CCC(C2)N3Cc2cccnc2)c1. The molecule has 2 aromatic rings. The monoisotopic (exact) mass is 302 g/mol. The molecule has 110 valence electrons. The molecule has 2 unspecified atom stereocenters. The largest absolute Gasteiger partial charge is 0.293 e. The van der Waals surface area contributed by atoms with E-state index in [1.165, 1.54) is 31.2 Å². The third-order valence-electron chi connectivity index (χ3n) is 4.89. The summed E-state index contributed by atoms with van der Waals surface area (Å²) < 4.78 is 2.06. The second-order valence-corrected chi connectivity index (χ2v) is 6.62. The number of piperidine rings is 1. The first-order valence-electron chi connectivity index (χ1n) is 7.64. The summed E-state index contributed by atoms with van der Waals surface area (Å²) in [5, 5.41) is 5.14. The van der Waals surface area contributed by atoms with Crippen LogP contribution < -0.4 is 0 Å². The second-order valence-electron chi connectivity index (χ2n) is 6.18. The summed E-state index contributed by atoms with van der Waals surface area (Å²) in [6, 6.07) is 6.02. The highest BCUT2D eigenvalue weighted by molar-refractivity contribution is 6.30. The number of pyridine rings is 1. The molecule has 0 aromatic carbocycles. The molecule has 0 N–H and O–H groups in total. The Morgan fingerprint density at radius 3 is 2.57 bits per heavy atom. The van der Waals surface area contributed by atoms with Crippen LogP contribution in [0.25, 0.3) is 0 Å². The highest BCUT2D eigenvalue weighted by Crippen LogP contribution is 2.41. The van der Waals surface area contributed by atoms with Gasteiger partial charge in [-0.25, -0.2) is 0 Å². The Morgan fingerprint density at radius 2 is 1.95 bits per heavy atom. The van der Waals surface area contributed by atoms with E-state index in [9.17, 15) is 0 Å². The number of hydrogen-bond acceptors (Lipinski definition) is 3. The molecule has 0 spiro atoms. The van der Waals surface area contributed by atoms with Crippen molar-refractivity contribution in [2.75, 3.05) is 0 Å². The van der Waals surface area contributed by atoms with Crippen LogP contribution in [0.15, 0.2) is 36.9 Å². The smallest absolute Gasteiger partial charge is 0.0785 e. The number of fused-ring (bicyclic) bond motifs is 2. The molecule has 2 aromatic heterocycles. The minimum Gasteiger partial charge on any atom is -0.293 e. The van der Waals surface area contributed by atoms with Crippen molar-refractivity contribution in [2.45, 2.75) is 50.4 Å². The molecule has 2 saturated heterocycles. The van der Waals surface area contributed by atoms with E-state index in [1.54, 1.807) is 6.20 Å². The van der Waals surface area contributed by atoms with Gasteiger partial charge in [0.05, 0.1) is 17.3 Å². The summed E-state index contributed by atoms with van der Waals surface area (Å²) in [4.78, 5) is 6.90. The van der Waals surface area contributed by atoms with Gasteiger partial charge in [0.2, 0.25) is 0 Å². The van der Waals surface area contributed by atoms with E-state index < -0.39 is 0 Å². The fraction of sp³-hybridized carbons (Fsp3) is 0.500. The van der Waals surface area contributed by atoms with Crippen molar-refractivity contribution in [3.63, 3.8) is 0 Å². The molecule has 0 aliphatic carbocycles. The van der Waals surface area contributed by atoms with Crippen LogP contribution in [0.1, 0.15) is 37.3 Å². The molecule has 4 heterocycles. The van der Waals surface area contributed by atoms with Gasteiger partial charge in [-0.2, -0.15) is 5.10 Å². The minimum atomic E-state index is 0.500. The van der Waals surface area contributed by atoms with Crippen LogP contribution in [0.3, 0.4) is 0 Å². The summed E-state index contributed by atoms with van der Waals surface area (Å²) in [6.07, 6.45) is 12.5. The molecule has 0 saturated carbocycles. The molecule has 0 amide bonds. The van der Waals surface area contributed by atoms with Crippen LogP contribution >= 0.6 is 11.6 Å². The molecule has 2 fully saturated rings. The Labute approximate surface area is 129 Å². The topological polar surface area (TPSA) is 34.0 Å². The van der Waals surface area contributed by atoms with Crippen LogP contribution in [-0.2, 0) is 6.54 Å². The number of aromatic nitrogens is 3. The molecule has 21 heavy (non-hydrogen) atoms. The van der Waals surface area contributed by atoms with Gasteiger partial charge in [-0.1, -0.05) is 17.7 Å². The van der Waals surface area contributed by atoms with Crippen molar-refractivity contribution in [1.82, 2.24) is 19.7 Å². The molecule has 0 radical (unpaired) electrons. The van der Waals surface area contributed by atoms with Gasteiger partial charge in [0, 0.05) is 37.2 Å². The van der Waals surface area contributed by atoms with Crippen LogP contribution in [0.2, 0.25) is 5.02 Å². The predicted octanol–water partition coefficient (Wildman–Crippen LogP) is 3.30. The van der Waals surface area contributed by atoms with Crippen molar-refractivity contribution in [3.8, 4) is 0 Å². The summed E-state index contributed by atoms with van der Waals surface area (Å²) in [6.45, 7) is 1.02. The Bertz CT molecular complexity index is 598. The van der Waals surface area contributed by atoms with Gasteiger partial charge in [0.1, 0.15) is 0 Å². The number of rotatable bonds is 3. The fourth-order valence-electron chi connectivity index (χ4n) is 3.94. The fourth-order valence-corrected chi connectivity index (χ4v) is 4.08. The zero-order chi connectivity index (χ0) is 14.2. The average molecular weight is 303 g/mol. The molecule has 2 aliphatic rings. The minimum absolute atomic E-state index is 0.500. The Hall–Kier alpha value is -1.39. The maximum absolute atomic E-state index is 6.00. The third kappa shape index (κ3) is 2.58. The van der Waals surface area contributed by atoms with Crippen molar-refractivity contribution in [1.29, 1.82) is 0 Å². The molecular weight excluding hydrogens is 284 g/mol. The molecule has 4 nitrogen and oxygen atoms in total. The van der Waals surface area contributed by atoms with Gasteiger partial charge >= 0.3 is 0 Å². The zero-order valence-electron chi connectivity index (χ0n) is 11.9. The lowest BCUT2D eigenvalue weighted by Crippen LogP contribution is -2.42. The molecule has 2 atom stereocenters. The van der Waals surface area contributed by atoms with Crippen molar-refractivity contribution < 1.29 is 0 Å². The van der Waals surface area contributed by atoms with Gasteiger partial charge in [-0.3, -0.25) is 14.6 Å². The molecular formula is C16H19ClN4. The van der Waals surface area contributed by atoms with Crippen LogP contribution in [-0.4, -0.2) is 31.7 Å². The number of hydrogen-bond donors (Lipinski definition) is 0. The standard InChI is InChI=1S/C16H19ClN4/c17-13-9-19-21(11-13)16-6-14-3-4-15(7-16)20(14)10-12-2-1-5-18-8-12/h1-2,5,8-9,11,14-16H,3-4,6-7,10H2. The van der Waals surface area contributed by atoms with Crippen LogP contribution in [0.5, 0.6) is 0 Å². The summed E-state index contributed by atoms with van der Waals surface area (Å²) in [5.74, 6) is 0. The van der Waals surface area contributed by atoms with E-state index >= 15 is 0 Å². The lowest BCUT2D eigenvalue weighted by molar-refractivity contribution is 0.0950. The lowest BCUT2D eigenvalue weighted by Gasteiger charge is -2.39. The molecule has 5 heteroatoms. The van der Waals surface area contributed by atoms with Gasteiger partial charge in [0.15, 0.2) is 0 Å². The summed E-state index contributed by atoms with van der Waals surface area (Å²) in [7, 11) is 0. The average Bonchev–Trinajstić information content (AvgIpc) is 3.01. The molecule has 2 bridgehead atoms. The molecule has 2 aliphatic heterocycles. The Morgan fingerprint density at radius 1 is 1.14 bits per heavy atom. The van der Waals surface area contributed by atoms with Crippen molar-refractivity contribution >= 4 is 11.6 Å². The van der Waals surface area contributed by atoms with Gasteiger partial charge in [-0.05, 0) is 37.3 Å². The highest BCUT2D eigenvalue weighted by atomic mass is 35.5. The summed E-state index contributed by atoms with van der Waals surface area (Å²) in [5.41, 5.74) is 1.31. The number of nitrogens with zero attached hydrogens (tertiary/aromatic N) is 4. The Balaban J connectivity index is 1.49. The van der Waals surface area contributed by atoms with E-state index in [0.717, 1.165) is 11.6 Å². The maximum atomic E-state index is 6.00. The van der Waals surface area contributed by atoms with Crippen LogP contribution in [0, 0.1) is 0 Å². The van der Waals surface area contributed by atoms with Crippen molar-refractivity contribution in [2.24, 2.45) is 0 Å². The van der Waals surface area contributed by atoms with Gasteiger partial charge in [0.25, 0.3) is 0 Å². The highest BCUT2D eigenvalue weighted by Gasteiger charge is 2.41. The summed E-state index contributed by atoms with van der Waals surface area (Å²) >= 11 is 6.00. The Kier molecular flexibility index (Phi) is 3.43. The normalized spacial score (nSPS) is 28.9. The third-order valence-corrected chi connectivity index (χ3v) is 5.09. The van der Waals surface area contributed by atoms with Gasteiger partial charge < -0.3 is 0 Å². The van der Waals surface area contributed by atoms with Gasteiger partial charge in [-0.15, -0.1) is 0 Å². The molecule has 4 rings (SSSR count). The zero-order valence-corrected chi connectivity index (χ0v) is 12.7. The predicted molar refractivity (Wildman–Crippen MR) is 82.1 cm³/mol. The first kappa shape index (κ1) is 13.3.